The van der Waals surface area contributed by atoms with E-state index in [1.807, 2.05) is 27.7 Å². The number of ether oxygens (including phenoxy) is 2. The zero-order valence-corrected chi connectivity index (χ0v) is 15.6. The summed E-state index contributed by atoms with van der Waals surface area (Å²) in [5.41, 5.74) is -0.476. The molecule has 0 saturated heterocycles. The van der Waals surface area contributed by atoms with E-state index in [4.69, 9.17) is 21.1 Å². The number of carbonyl (C=O) groups excluding carboxylic acids is 2. The summed E-state index contributed by atoms with van der Waals surface area (Å²) in [6.07, 6.45) is -5.09. The highest BCUT2D eigenvalue weighted by molar-refractivity contribution is 6.68. The lowest BCUT2D eigenvalue weighted by Gasteiger charge is -2.18. The first-order valence-electron chi connectivity index (χ1n) is 7.93. The molecule has 0 aliphatic carbocycles. The largest absolute Gasteiger partial charge is 0.492 e. The molecule has 0 spiro atoms. The van der Waals surface area contributed by atoms with Crippen molar-refractivity contribution in [2.24, 2.45) is 11.8 Å². The Kier molecular flexibility index (Phi) is 7.74. The summed E-state index contributed by atoms with van der Waals surface area (Å²) in [5.74, 6) is -1.94. The Bertz CT molecular complexity index is 660. The maximum Gasteiger partial charge on any atom is 0.471 e. The van der Waals surface area contributed by atoms with Gasteiger partial charge in [0.1, 0.15) is 11.5 Å². The lowest BCUT2D eigenvalue weighted by molar-refractivity contribution is -0.167. The van der Waals surface area contributed by atoms with Crippen molar-refractivity contribution in [2.45, 2.75) is 33.9 Å². The molecule has 0 unspecified atom stereocenters. The number of rotatable bonds is 8. The predicted octanol–water partition coefficient (Wildman–Crippen LogP) is 4.64. The molecule has 1 rings (SSSR count). The molecule has 0 aliphatic heterocycles. The highest BCUT2D eigenvalue weighted by Crippen LogP contribution is 2.35. The molecule has 9 heteroatoms. The third kappa shape index (κ3) is 6.74. The van der Waals surface area contributed by atoms with Gasteiger partial charge in [-0.1, -0.05) is 27.7 Å². The second-order valence-electron chi connectivity index (χ2n) is 6.48. The summed E-state index contributed by atoms with van der Waals surface area (Å²) in [4.78, 5) is 22.9. The van der Waals surface area contributed by atoms with Gasteiger partial charge in [-0.25, -0.2) is 0 Å². The van der Waals surface area contributed by atoms with Gasteiger partial charge in [-0.3, -0.25) is 9.59 Å². The summed E-state index contributed by atoms with van der Waals surface area (Å²) >= 11 is 5.51. The molecule has 5 nitrogen and oxygen atoms in total. The minimum Gasteiger partial charge on any atom is -0.492 e. The molecule has 1 amide bonds. The van der Waals surface area contributed by atoms with Gasteiger partial charge in [-0.15, -0.1) is 0 Å². The van der Waals surface area contributed by atoms with E-state index in [1.54, 1.807) is 5.32 Å². The number of benzene rings is 1. The van der Waals surface area contributed by atoms with Crippen LogP contribution < -0.4 is 14.8 Å². The van der Waals surface area contributed by atoms with Crippen LogP contribution in [-0.4, -0.2) is 30.5 Å². The van der Waals surface area contributed by atoms with Crippen molar-refractivity contribution in [3.63, 3.8) is 0 Å². The van der Waals surface area contributed by atoms with E-state index >= 15 is 0 Å². The first kappa shape index (κ1) is 22.1. The van der Waals surface area contributed by atoms with Crippen LogP contribution in [0.5, 0.6) is 11.5 Å². The summed E-state index contributed by atoms with van der Waals surface area (Å²) in [7, 11) is 0. The van der Waals surface area contributed by atoms with E-state index in [-0.39, 0.29) is 47.8 Å². The molecule has 0 aromatic heterocycles. The zero-order valence-electron chi connectivity index (χ0n) is 14.9. The number of anilines is 1. The fourth-order valence-electron chi connectivity index (χ4n) is 1.76. The fourth-order valence-corrected chi connectivity index (χ4v) is 1.91. The third-order valence-corrected chi connectivity index (χ3v) is 3.15. The van der Waals surface area contributed by atoms with Crippen molar-refractivity contribution in [1.29, 1.82) is 0 Å². The molecule has 0 fully saturated rings. The van der Waals surface area contributed by atoms with Gasteiger partial charge in [-0.2, -0.15) is 13.2 Å². The zero-order chi connectivity index (χ0) is 20.1. The molecule has 146 valence electrons. The molecule has 1 N–H and O–H groups in total. The molecule has 0 atom stereocenters. The van der Waals surface area contributed by atoms with Crippen LogP contribution in [0.1, 0.15) is 38.1 Å². The van der Waals surface area contributed by atoms with Gasteiger partial charge in [0.15, 0.2) is 0 Å². The number of amides is 1. The van der Waals surface area contributed by atoms with Gasteiger partial charge in [0.2, 0.25) is 0 Å². The Morgan fingerprint density at radius 3 is 1.96 bits per heavy atom. The van der Waals surface area contributed by atoms with Gasteiger partial charge < -0.3 is 14.8 Å². The monoisotopic (exact) mass is 395 g/mol. The summed E-state index contributed by atoms with van der Waals surface area (Å²) in [6, 6.07) is 2.27. The van der Waals surface area contributed by atoms with Gasteiger partial charge in [0, 0.05) is 6.07 Å². The van der Waals surface area contributed by atoms with E-state index in [9.17, 15) is 22.8 Å². The maximum atomic E-state index is 12.6. The number of hydrogen-bond acceptors (Lipinski definition) is 4. The molecule has 0 heterocycles. The average molecular weight is 396 g/mol. The van der Waals surface area contributed by atoms with Crippen molar-refractivity contribution in [3.05, 3.63) is 17.7 Å². The number of hydrogen-bond donors (Lipinski definition) is 1. The normalized spacial score (nSPS) is 11.6. The lowest BCUT2D eigenvalue weighted by Crippen LogP contribution is -2.30. The Hall–Kier alpha value is -1.96. The molecule has 0 bridgehead atoms. The number of carbonyl (C=O) groups is 2. The van der Waals surface area contributed by atoms with Gasteiger partial charge in [0.25, 0.3) is 5.24 Å². The molecule has 0 radical (unpaired) electrons. The minimum absolute atomic E-state index is 0.0447. The SMILES string of the molecule is CC(C)COc1cc(OCC(C)C)c(C(=O)Cl)cc1NC(=O)C(F)(F)F. The Morgan fingerprint density at radius 2 is 1.54 bits per heavy atom. The number of nitrogens with one attached hydrogen (secondary N) is 1. The van der Waals surface area contributed by atoms with Crippen LogP contribution in [0.15, 0.2) is 12.1 Å². The minimum atomic E-state index is -5.09. The van der Waals surface area contributed by atoms with E-state index < -0.39 is 17.3 Å². The van der Waals surface area contributed by atoms with Crippen LogP contribution >= 0.6 is 11.6 Å². The number of alkyl halides is 3. The first-order chi connectivity index (χ1) is 11.9. The molecular weight excluding hydrogens is 375 g/mol. The molecule has 0 aliphatic rings. The molecule has 1 aromatic rings. The van der Waals surface area contributed by atoms with E-state index in [1.165, 1.54) is 6.07 Å². The highest BCUT2D eigenvalue weighted by Gasteiger charge is 2.39. The average Bonchev–Trinajstić information content (AvgIpc) is 2.50. The lowest BCUT2D eigenvalue weighted by atomic mass is 10.1. The van der Waals surface area contributed by atoms with Crippen molar-refractivity contribution in [3.8, 4) is 11.5 Å². The van der Waals surface area contributed by atoms with Crippen LogP contribution in [0.3, 0.4) is 0 Å². The quantitative estimate of drug-likeness (QED) is 0.651. The van der Waals surface area contributed by atoms with Gasteiger partial charge in [-0.05, 0) is 29.5 Å². The van der Waals surface area contributed by atoms with Crippen LogP contribution in [-0.2, 0) is 4.79 Å². The van der Waals surface area contributed by atoms with Crippen LogP contribution in [0.2, 0.25) is 0 Å². The third-order valence-electron chi connectivity index (χ3n) is 2.94. The Labute approximate surface area is 154 Å². The van der Waals surface area contributed by atoms with Gasteiger partial charge in [0.05, 0.1) is 24.5 Å². The summed E-state index contributed by atoms with van der Waals surface area (Å²) < 4.78 is 48.7. The maximum absolute atomic E-state index is 12.6. The van der Waals surface area contributed by atoms with Crippen LogP contribution in [0.25, 0.3) is 0 Å². The highest BCUT2D eigenvalue weighted by atomic mass is 35.5. The summed E-state index contributed by atoms with van der Waals surface area (Å²) in [5, 5.41) is 0.777. The molecular formula is C17H21ClF3NO4. The van der Waals surface area contributed by atoms with E-state index in [2.05, 4.69) is 0 Å². The van der Waals surface area contributed by atoms with E-state index in [0.717, 1.165) is 6.07 Å². The van der Waals surface area contributed by atoms with Crippen molar-refractivity contribution < 1.29 is 32.2 Å². The van der Waals surface area contributed by atoms with E-state index in [0.29, 0.717) is 0 Å². The van der Waals surface area contributed by atoms with Crippen LogP contribution in [0, 0.1) is 11.8 Å². The van der Waals surface area contributed by atoms with Crippen molar-refractivity contribution in [2.75, 3.05) is 18.5 Å². The van der Waals surface area contributed by atoms with Gasteiger partial charge >= 0.3 is 12.1 Å². The topological polar surface area (TPSA) is 64.6 Å². The van der Waals surface area contributed by atoms with Crippen LogP contribution in [0.4, 0.5) is 18.9 Å². The standard InChI is InChI=1S/C17H21ClF3NO4/c1-9(2)7-25-13-6-14(26-8-10(3)4)12(5-11(13)15(18)23)22-16(24)17(19,20)21/h5-6,9-10H,7-8H2,1-4H3,(H,22,24). The second kappa shape index (κ2) is 9.12. The molecule has 0 saturated carbocycles. The number of halogens is 4. The van der Waals surface area contributed by atoms with Crippen molar-refractivity contribution >= 4 is 28.4 Å². The summed E-state index contributed by atoms with van der Waals surface area (Å²) in [6.45, 7) is 7.91. The predicted molar refractivity (Wildman–Crippen MR) is 92.0 cm³/mol. The Balaban J connectivity index is 3.32. The Morgan fingerprint density at radius 1 is 1.04 bits per heavy atom. The smallest absolute Gasteiger partial charge is 0.471 e. The molecule has 26 heavy (non-hydrogen) atoms. The second-order valence-corrected chi connectivity index (χ2v) is 6.82. The molecule has 1 aromatic carbocycles. The van der Waals surface area contributed by atoms with Crippen molar-refractivity contribution in [1.82, 2.24) is 0 Å². The fraction of sp³-hybridized carbons (Fsp3) is 0.529. The first-order valence-corrected chi connectivity index (χ1v) is 8.31.